The van der Waals surface area contributed by atoms with Gasteiger partial charge in [-0.1, -0.05) is 22.0 Å². The third-order valence-electron chi connectivity index (χ3n) is 2.05. The lowest BCUT2D eigenvalue weighted by Crippen LogP contribution is -1.94. The lowest BCUT2D eigenvalue weighted by molar-refractivity contribution is 0.454. The van der Waals surface area contributed by atoms with Crippen LogP contribution in [0.1, 0.15) is 5.56 Å². The number of hydrogen-bond acceptors (Lipinski definition) is 2. The number of hydrogen-bond donors (Lipinski definition) is 0. The Bertz CT molecular complexity index is 536. The fourth-order valence-electron chi connectivity index (χ4n) is 1.30. The van der Waals surface area contributed by atoms with E-state index in [4.69, 9.17) is 16.3 Å². The van der Waals surface area contributed by atoms with Gasteiger partial charge in [0.1, 0.15) is 11.6 Å². The Balaban J connectivity index is 2.29. The molecule has 17 heavy (non-hydrogen) atoms. The lowest BCUT2D eigenvalue weighted by atomic mass is 10.3. The molecular formula is C12H8BrClFNO. The molecule has 2 rings (SSSR count). The Morgan fingerprint density at radius 3 is 2.88 bits per heavy atom. The molecule has 5 heteroatoms. The average Bonchev–Trinajstić information content (AvgIpc) is 2.31. The van der Waals surface area contributed by atoms with Crippen LogP contribution in [0.4, 0.5) is 4.39 Å². The summed E-state index contributed by atoms with van der Waals surface area (Å²) in [5, 5.41) is 0. The van der Waals surface area contributed by atoms with Crippen molar-refractivity contribution in [1.82, 2.24) is 4.98 Å². The van der Waals surface area contributed by atoms with E-state index in [1.54, 1.807) is 12.1 Å². The van der Waals surface area contributed by atoms with Crippen LogP contribution < -0.4 is 4.74 Å². The molecule has 0 aliphatic carbocycles. The van der Waals surface area contributed by atoms with Gasteiger partial charge in [-0.25, -0.2) is 9.37 Å². The minimum Gasteiger partial charge on any atom is -0.439 e. The molecular weight excluding hydrogens is 308 g/mol. The number of halogens is 3. The molecule has 2 nitrogen and oxygen atoms in total. The normalized spacial score (nSPS) is 10.3. The summed E-state index contributed by atoms with van der Waals surface area (Å²) in [5.74, 6) is 0.653. The highest BCUT2D eigenvalue weighted by Crippen LogP contribution is 2.26. The minimum absolute atomic E-state index is 0.147. The molecule has 0 amide bonds. The number of rotatable bonds is 3. The van der Waals surface area contributed by atoms with Crippen LogP contribution in [0.3, 0.4) is 0 Å². The van der Waals surface area contributed by atoms with Gasteiger partial charge in [0.25, 0.3) is 0 Å². The van der Waals surface area contributed by atoms with Crippen molar-refractivity contribution in [2.75, 3.05) is 0 Å². The van der Waals surface area contributed by atoms with Crippen molar-refractivity contribution >= 4 is 27.5 Å². The topological polar surface area (TPSA) is 22.1 Å². The van der Waals surface area contributed by atoms with Gasteiger partial charge in [0.15, 0.2) is 0 Å². The van der Waals surface area contributed by atoms with Crippen LogP contribution >= 0.6 is 27.5 Å². The monoisotopic (exact) mass is 315 g/mol. The third-order valence-corrected chi connectivity index (χ3v) is 2.83. The van der Waals surface area contributed by atoms with Gasteiger partial charge < -0.3 is 4.74 Å². The first-order chi connectivity index (χ1) is 8.19. The first kappa shape index (κ1) is 12.3. The Kier molecular flexibility index (Phi) is 3.97. The highest BCUT2D eigenvalue weighted by molar-refractivity contribution is 9.10. The van der Waals surface area contributed by atoms with Crippen LogP contribution in [0, 0.1) is 5.82 Å². The van der Waals surface area contributed by atoms with Gasteiger partial charge in [0, 0.05) is 10.0 Å². The second-order valence-corrected chi connectivity index (χ2v) is 4.49. The largest absolute Gasteiger partial charge is 0.439 e. The quantitative estimate of drug-likeness (QED) is 0.777. The van der Waals surface area contributed by atoms with E-state index < -0.39 is 5.82 Å². The van der Waals surface area contributed by atoms with E-state index in [1.807, 2.05) is 12.1 Å². The van der Waals surface area contributed by atoms with Gasteiger partial charge in [-0.2, -0.15) is 0 Å². The molecule has 0 fully saturated rings. The molecule has 0 aliphatic rings. The Morgan fingerprint density at radius 2 is 2.18 bits per heavy atom. The van der Waals surface area contributed by atoms with Gasteiger partial charge >= 0.3 is 0 Å². The van der Waals surface area contributed by atoms with Crippen LogP contribution in [-0.4, -0.2) is 4.98 Å². The number of aromatic nitrogens is 1. The van der Waals surface area contributed by atoms with E-state index >= 15 is 0 Å². The Morgan fingerprint density at radius 1 is 1.35 bits per heavy atom. The summed E-state index contributed by atoms with van der Waals surface area (Å²) < 4.78 is 19.4. The maximum atomic E-state index is 13.0. The first-order valence-corrected chi connectivity index (χ1v) is 6.15. The van der Waals surface area contributed by atoms with Gasteiger partial charge in [0.2, 0.25) is 5.88 Å². The van der Waals surface area contributed by atoms with Crippen molar-refractivity contribution in [3.63, 3.8) is 0 Å². The van der Waals surface area contributed by atoms with E-state index in [9.17, 15) is 4.39 Å². The zero-order valence-electron chi connectivity index (χ0n) is 8.66. The van der Waals surface area contributed by atoms with E-state index in [1.165, 1.54) is 6.07 Å². The molecule has 1 aromatic carbocycles. The van der Waals surface area contributed by atoms with Crippen LogP contribution in [0.15, 0.2) is 41.0 Å². The molecule has 0 atom stereocenters. The molecule has 0 aliphatic heterocycles. The standard InChI is InChI=1S/C12H8BrClFNO/c13-9-2-1-3-11(5-9)17-12-8(6-14)4-10(15)7-16-12/h1-5,7H,6H2. The van der Waals surface area contributed by atoms with Gasteiger partial charge in [0.05, 0.1) is 12.1 Å². The number of benzene rings is 1. The van der Waals surface area contributed by atoms with Crippen molar-refractivity contribution in [2.24, 2.45) is 0 Å². The third kappa shape index (κ3) is 3.17. The Hall–Kier alpha value is -1.13. The fraction of sp³-hybridized carbons (Fsp3) is 0.0833. The van der Waals surface area contributed by atoms with Crippen LogP contribution in [0.25, 0.3) is 0 Å². The van der Waals surface area contributed by atoms with Crippen molar-refractivity contribution in [3.05, 3.63) is 52.4 Å². The lowest BCUT2D eigenvalue weighted by Gasteiger charge is -2.08. The SMILES string of the molecule is Fc1cnc(Oc2cccc(Br)c2)c(CCl)c1. The molecule has 0 N–H and O–H groups in total. The van der Waals surface area contributed by atoms with E-state index in [2.05, 4.69) is 20.9 Å². The molecule has 0 bridgehead atoms. The molecule has 0 saturated carbocycles. The highest BCUT2D eigenvalue weighted by Gasteiger charge is 2.07. The van der Waals surface area contributed by atoms with Gasteiger partial charge in [-0.15, -0.1) is 11.6 Å². The molecule has 0 spiro atoms. The highest BCUT2D eigenvalue weighted by atomic mass is 79.9. The molecule has 1 aromatic heterocycles. The number of ether oxygens (including phenoxy) is 1. The van der Waals surface area contributed by atoms with Crippen molar-refractivity contribution in [1.29, 1.82) is 0 Å². The summed E-state index contributed by atoms with van der Waals surface area (Å²) in [5.41, 5.74) is 0.520. The summed E-state index contributed by atoms with van der Waals surface area (Å²) in [6.07, 6.45) is 1.10. The second-order valence-electron chi connectivity index (χ2n) is 3.31. The maximum Gasteiger partial charge on any atom is 0.223 e. The van der Waals surface area contributed by atoms with E-state index in [0.29, 0.717) is 17.2 Å². The summed E-state index contributed by atoms with van der Waals surface area (Å²) in [6, 6.07) is 8.61. The zero-order valence-corrected chi connectivity index (χ0v) is 11.0. The summed E-state index contributed by atoms with van der Waals surface area (Å²) in [7, 11) is 0. The zero-order chi connectivity index (χ0) is 12.3. The summed E-state index contributed by atoms with van der Waals surface area (Å²) >= 11 is 9.04. The maximum absolute atomic E-state index is 13.0. The number of pyridine rings is 1. The number of nitrogens with zero attached hydrogens (tertiary/aromatic N) is 1. The van der Waals surface area contributed by atoms with Crippen molar-refractivity contribution in [3.8, 4) is 11.6 Å². The molecule has 2 aromatic rings. The van der Waals surface area contributed by atoms with Crippen molar-refractivity contribution < 1.29 is 9.13 Å². The summed E-state index contributed by atoms with van der Waals surface area (Å²) in [4.78, 5) is 3.88. The van der Waals surface area contributed by atoms with Crippen molar-refractivity contribution in [2.45, 2.75) is 5.88 Å². The molecule has 0 radical (unpaired) electrons. The van der Waals surface area contributed by atoms with E-state index in [-0.39, 0.29) is 5.88 Å². The minimum atomic E-state index is -0.428. The van der Waals surface area contributed by atoms with Crippen LogP contribution in [0.5, 0.6) is 11.6 Å². The van der Waals surface area contributed by atoms with E-state index in [0.717, 1.165) is 10.7 Å². The molecule has 0 unspecified atom stereocenters. The number of alkyl halides is 1. The molecule has 88 valence electrons. The Labute approximate surface area is 112 Å². The van der Waals surface area contributed by atoms with Gasteiger partial charge in [-0.05, 0) is 24.3 Å². The first-order valence-electron chi connectivity index (χ1n) is 4.83. The van der Waals surface area contributed by atoms with Crippen LogP contribution in [-0.2, 0) is 5.88 Å². The average molecular weight is 317 g/mol. The summed E-state index contributed by atoms with van der Waals surface area (Å²) in [6.45, 7) is 0. The smallest absolute Gasteiger partial charge is 0.223 e. The fourth-order valence-corrected chi connectivity index (χ4v) is 1.87. The van der Waals surface area contributed by atoms with Gasteiger partial charge in [-0.3, -0.25) is 0 Å². The predicted octanol–water partition coefficient (Wildman–Crippen LogP) is 4.51. The van der Waals surface area contributed by atoms with Crippen LogP contribution in [0.2, 0.25) is 0 Å². The second kappa shape index (κ2) is 5.47. The predicted molar refractivity (Wildman–Crippen MR) is 68.0 cm³/mol. The molecule has 1 heterocycles. The molecule has 0 saturated heterocycles.